The van der Waals surface area contributed by atoms with Crippen LogP contribution in [0.2, 0.25) is 0 Å². The minimum atomic E-state index is -4.40. The van der Waals surface area contributed by atoms with Crippen LogP contribution in [-0.2, 0) is 11.9 Å². The molecule has 1 N–H and O–H groups in total. The molecule has 0 aliphatic rings. The molecule has 0 atom stereocenters. The molecule has 32 heavy (non-hydrogen) atoms. The van der Waals surface area contributed by atoms with Crippen molar-refractivity contribution in [2.45, 2.75) is 16.8 Å². The van der Waals surface area contributed by atoms with Gasteiger partial charge in [-0.15, -0.1) is 11.8 Å². The lowest BCUT2D eigenvalue weighted by molar-refractivity contribution is -0.137. The van der Waals surface area contributed by atoms with Crippen LogP contribution in [0, 0.1) is 0 Å². The van der Waals surface area contributed by atoms with Crippen molar-refractivity contribution in [1.29, 1.82) is 0 Å². The van der Waals surface area contributed by atoms with Crippen molar-refractivity contribution in [2.75, 3.05) is 0 Å². The first-order valence-corrected chi connectivity index (χ1v) is 10.8. The van der Waals surface area contributed by atoms with Gasteiger partial charge in [0.15, 0.2) is 5.65 Å². The highest BCUT2D eigenvalue weighted by Gasteiger charge is 2.30. The van der Waals surface area contributed by atoms with Crippen LogP contribution in [0.25, 0.3) is 27.7 Å². The number of nitrogens with zero attached hydrogens (tertiary/aromatic N) is 2. The molecule has 160 valence electrons. The lowest BCUT2D eigenvalue weighted by Crippen LogP contribution is -2.10. The smallest absolute Gasteiger partial charge is 0.246 e. The fourth-order valence-electron chi connectivity index (χ4n) is 3.68. The standard InChI is InChI=1S/C24H16F3N3OS/c25-24(26,27)17-8-6-16(7-9-17)20-13-22-28-29-23(31)30(22)21-12-18(10-11-19(20)21)32-14-15-4-2-1-3-5-15/h1-13H,14H2,(H,29,31). The summed E-state index contributed by atoms with van der Waals surface area (Å²) in [5.41, 5.74) is 2.49. The maximum atomic E-state index is 13.0. The third-order valence-corrected chi connectivity index (χ3v) is 6.31. The van der Waals surface area contributed by atoms with Gasteiger partial charge in [-0.3, -0.25) is 0 Å². The van der Waals surface area contributed by atoms with Gasteiger partial charge in [-0.1, -0.05) is 48.5 Å². The Morgan fingerprint density at radius 2 is 1.69 bits per heavy atom. The van der Waals surface area contributed by atoms with Crippen molar-refractivity contribution in [3.8, 4) is 11.1 Å². The second-order valence-corrected chi connectivity index (χ2v) is 8.36. The number of nitrogens with one attached hydrogen (secondary N) is 1. The maximum Gasteiger partial charge on any atom is 0.416 e. The Hall–Kier alpha value is -3.52. The maximum absolute atomic E-state index is 13.0. The summed E-state index contributed by atoms with van der Waals surface area (Å²) < 4.78 is 40.4. The van der Waals surface area contributed by atoms with Crippen LogP contribution in [0.4, 0.5) is 13.2 Å². The van der Waals surface area contributed by atoms with Gasteiger partial charge in [0.25, 0.3) is 0 Å². The van der Waals surface area contributed by atoms with Crippen LogP contribution in [0.5, 0.6) is 0 Å². The number of aromatic amines is 1. The van der Waals surface area contributed by atoms with Crippen molar-refractivity contribution >= 4 is 28.3 Å². The SMILES string of the molecule is O=c1[nH]nc2cc(-c3ccc(C(F)(F)F)cc3)c3ccc(SCc4ccccc4)cc3n12. The lowest BCUT2D eigenvalue weighted by atomic mass is 10.00. The number of aromatic nitrogens is 3. The van der Waals surface area contributed by atoms with E-state index in [1.165, 1.54) is 22.1 Å². The average Bonchev–Trinajstić information content (AvgIpc) is 3.18. The van der Waals surface area contributed by atoms with E-state index in [0.29, 0.717) is 22.3 Å². The first kappa shape index (κ1) is 20.4. The van der Waals surface area contributed by atoms with E-state index in [9.17, 15) is 18.0 Å². The summed E-state index contributed by atoms with van der Waals surface area (Å²) >= 11 is 1.64. The Morgan fingerprint density at radius 3 is 2.41 bits per heavy atom. The Bertz CT molecular complexity index is 1470. The number of pyridine rings is 1. The van der Waals surface area contributed by atoms with Crippen LogP contribution in [0.3, 0.4) is 0 Å². The van der Waals surface area contributed by atoms with Crippen LogP contribution < -0.4 is 5.69 Å². The van der Waals surface area contributed by atoms with Crippen molar-refractivity contribution in [2.24, 2.45) is 0 Å². The number of H-pyrrole nitrogens is 1. The molecule has 0 unspecified atom stereocenters. The third kappa shape index (κ3) is 3.78. The molecule has 0 amide bonds. The Labute approximate surface area is 184 Å². The molecule has 0 fully saturated rings. The van der Waals surface area contributed by atoms with Gasteiger partial charge in [0.2, 0.25) is 0 Å². The zero-order chi connectivity index (χ0) is 22.3. The van der Waals surface area contributed by atoms with E-state index in [1.54, 1.807) is 17.8 Å². The van der Waals surface area contributed by atoms with Crippen molar-refractivity contribution < 1.29 is 13.2 Å². The molecule has 3 aromatic carbocycles. The summed E-state index contributed by atoms with van der Waals surface area (Å²) in [6, 6.07) is 22.5. The summed E-state index contributed by atoms with van der Waals surface area (Å²) in [4.78, 5) is 13.4. The molecule has 2 aromatic heterocycles. The molecule has 4 nitrogen and oxygen atoms in total. The van der Waals surface area contributed by atoms with Gasteiger partial charge >= 0.3 is 11.9 Å². The summed E-state index contributed by atoms with van der Waals surface area (Å²) in [5.74, 6) is 0.772. The lowest BCUT2D eigenvalue weighted by Gasteiger charge is -2.12. The predicted octanol–water partition coefficient (Wildman–Crippen LogP) is 6.15. The summed E-state index contributed by atoms with van der Waals surface area (Å²) in [6.07, 6.45) is -4.40. The number of hydrogen-bond acceptors (Lipinski definition) is 3. The zero-order valence-corrected chi connectivity index (χ0v) is 17.4. The number of rotatable bonds is 4. The first-order valence-electron chi connectivity index (χ1n) is 9.78. The fraction of sp³-hybridized carbons (Fsp3) is 0.0833. The third-order valence-electron chi connectivity index (χ3n) is 5.24. The van der Waals surface area contributed by atoms with Gasteiger partial charge in [0, 0.05) is 16.0 Å². The van der Waals surface area contributed by atoms with Gasteiger partial charge in [-0.2, -0.15) is 18.3 Å². The van der Waals surface area contributed by atoms with Crippen LogP contribution >= 0.6 is 11.8 Å². The summed E-state index contributed by atoms with van der Waals surface area (Å²) in [5, 5.41) is 7.28. The Kier molecular flexibility index (Phi) is 5.01. The fourth-order valence-corrected chi connectivity index (χ4v) is 4.56. The Balaban J connectivity index is 1.62. The van der Waals surface area contributed by atoms with Crippen molar-refractivity contribution in [3.05, 3.63) is 100 Å². The summed E-state index contributed by atoms with van der Waals surface area (Å²) in [6.45, 7) is 0. The minimum Gasteiger partial charge on any atom is -0.246 e. The molecule has 5 rings (SSSR count). The minimum absolute atomic E-state index is 0.367. The van der Waals surface area contributed by atoms with E-state index in [4.69, 9.17) is 0 Å². The van der Waals surface area contributed by atoms with E-state index in [-0.39, 0.29) is 5.69 Å². The molecule has 0 bridgehead atoms. The topological polar surface area (TPSA) is 50.2 Å². The van der Waals surface area contributed by atoms with Crippen LogP contribution in [0.1, 0.15) is 11.1 Å². The van der Waals surface area contributed by atoms with Gasteiger partial charge in [-0.25, -0.2) is 14.3 Å². The van der Waals surface area contributed by atoms with Crippen LogP contribution in [0.15, 0.2) is 88.6 Å². The Morgan fingerprint density at radius 1 is 0.938 bits per heavy atom. The zero-order valence-electron chi connectivity index (χ0n) is 16.6. The second-order valence-electron chi connectivity index (χ2n) is 7.31. The number of benzene rings is 3. The largest absolute Gasteiger partial charge is 0.416 e. The van der Waals surface area contributed by atoms with Gasteiger partial charge in [-0.05, 0) is 47.0 Å². The van der Waals surface area contributed by atoms with E-state index in [2.05, 4.69) is 22.3 Å². The normalized spacial score (nSPS) is 12.0. The highest BCUT2D eigenvalue weighted by Crippen LogP contribution is 2.35. The van der Waals surface area contributed by atoms with E-state index in [1.807, 2.05) is 36.4 Å². The van der Waals surface area contributed by atoms with Crippen LogP contribution in [-0.4, -0.2) is 14.6 Å². The predicted molar refractivity (Wildman–Crippen MR) is 120 cm³/mol. The van der Waals surface area contributed by atoms with E-state index in [0.717, 1.165) is 28.2 Å². The number of alkyl halides is 3. The second kappa shape index (κ2) is 7.87. The molecular weight excluding hydrogens is 435 g/mol. The average molecular weight is 451 g/mol. The molecule has 0 aliphatic carbocycles. The van der Waals surface area contributed by atoms with Gasteiger partial charge < -0.3 is 0 Å². The molecule has 0 saturated carbocycles. The van der Waals surface area contributed by atoms with Crippen molar-refractivity contribution in [3.63, 3.8) is 0 Å². The molecule has 0 radical (unpaired) electrons. The molecule has 2 heterocycles. The molecular formula is C24H16F3N3OS. The molecule has 0 aliphatic heterocycles. The van der Waals surface area contributed by atoms with Gasteiger partial charge in [0.1, 0.15) is 0 Å². The van der Waals surface area contributed by atoms with Crippen molar-refractivity contribution in [1.82, 2.24) is 14.6 Å². The van der Waals surface area contributed by atoms with E-state index >= 15 is 0 Å². The molecule has 0 spiro atoms. The molecule has 5 aromatic rings. The number of halogens is 3. The number of hydrogen-bond donors (Lipinski definition) is 1. The number of thioether (sulfide) groups is 1. The molecule has 0 saturated heterocycles. The first-order chi connectivity index (χ1) is 15.4. The number of fused-ring (bicyclic) bond motifs is 3. The highest BCUT2D eigenvalue weighted by atomic mass is 32.2. The summed E-state index contributed by atoms with van der Waals surface area (Å²) in [7, 11) is 0. The monoisotopic (exact) mass is 451 g/mol. The highest BCUT2D eigenvalue weighted by molar-refractivity contribution is 7.98. The quantitative estimate of drug-likeness (QED) is 0.333. The molecule has 8 heteroatoms. The van der Waals surface area contributed by atoms with Gasteiger partial charge in [0.05, 0.1) is 11.1 Å². The van der Waals surface area contributed by atoms with E-state index < -0.39 is 11.7 Å².